The Morgan fingerprint density at radius 2 is 2.16 bits per heavy atom. The van der Waals surface area contributed by atoms with Crippen LogP contribution in [0.15, 0.2) is 6.07 Å². The second-order valence-corrected chi connectivity index (χ2v) is 7.29. The van der Waals surface area contributed by atoms with E-state index in [-0.39, 0.29) is 11.6 Å². The quantitative estimate of drug-likeness (QED) is 0.880. The van der Waals surface area contributed by atoms with Gasteiger partial charge in [-0.05, 0) is 46.1 Å². The number of anilines is 1. The Labute approximate surface area is 150 Å². The molecule has 1 spiro atoms. The van der Waals surface area contributed by atoms with Crippen LogP contribution in [0.5, 0.6) is 0 Å². The molecule has 0 bridgehead atoms. The van der Waals surface area contributed by atoms with E-state index in [9.17, 15) is 4.79 Å². The van der Waals surface area contributed by atoms with Gasteiger partial charge in [0.15, 0.2) is 5.82 Å². The van der Waals surface area contributed by atoms with Crippen LogP contribution in [-0.4, -0.2) is 59.1 Å². The molecule has 1 aromatic rings. The molecule has 1 atom stereocenters. The zero-order chi connectivity index (χ0) is 17.9. The van der Waals surface area contributed by atoms with Crippen molar-refractivity contribution in [2.24, 2.45) is 0 Å². The van der Waals surface area contributed by atoms with Crippen LogP contribution < -0.4 is 10.6 Å². The summed E-state index contributed by atoms with van der Waals surface area (Å²) in [7, 11) is 0. The Kier molecular flexibility index (Phi) is 5.64. The average molecular weight is 349 g/mol. The molecule has 7 nitrogen and oxygen atoms in total. The number of nitrogens with one attached hydrogen (secondary N) is 2. The molecule has 2 aliphatic rings. The van der Waals surface area contributed by atoms with Gasteiger partial charge >= 0.3 is 6.03 Å². The fourth-order valence-corrected chi connectivity index (χ4v) is 3.94. The van der Waals surface area contributed by atoms with Gasteiger partial charge in [0.25, 0.3) is 0 Å². The highest BCUT2D eigenvalue weighted by molar-refractivity contribution is 5.89. The molecule has 7 heteroatoms. The minimum Gasteiger partial charge on any atom is -0.381 e. The highest BCUT2D eigenvalue weighted by Gasteiger charge is 2.41. The van der Waals surface area contributed by atoms with Crippen molar-refractivity contribution in [1.82, 2.24) is 20.0 Å². The molecule has 2 aliphatic heterocycles. The Morgan fingerprint density at radius 1 is 1.40 bits per heavy atom. The molecule has 1 aromatic heterocycles. The molecule has 2 saturated heterocycles. The van der Waals surface area contributed by atoms with Crippen LogP contribution in [0.4, 0.5) is 10.6 Å². The van der Waals surface area contributed by atoms with E-state index in [0.29, 0.717) is 11.9 Å². The van der Waals surface area contributed by atoms with E-state index >= 15 is 0 Å². The molecular formula is C18H31N5O2. The number of ether oxygens (including phenoxy) is 1. The van der Waals surface area contributed by atoms with E-state index < -0.39 is 0 Å². The van der Waals surface area contributed by atoms with Gasteiger partial charge in [-0.1, -0.05) is 6.92 Å². The van der Waals surface area contributed by atoms with Gasteiger partial charge < -0.3 is 15.0 Å². The molecule has 140 valence electrons. The monoisotopic (exact) mass is 349 g/mol. The number of carbonyl (C=O) groups excluding carboxylic acids is 1. The van der Waals surface area contributed by atoms with Crippen molar-refractivity contribution in [2.45, 2.75) is 58.0 Å². The predicted octanol–water partition coefficient (Wildman–Crippen LogP) is 2.54. The van der Waals surface area contributed by atoms with Gasteiger partial charge in [0.1, 0.15) is 0 Å². The SMILES string of the molecule is CCC(C)n1nc(NC(=O)N2CCNCCC23CCOCC3)cc1C. The lowest BCUT2D eigenvalue weighted by atomic mass is 9.85. The molecule has 3 heterocycles. The topological polar surface area (TPSA) is 71.4 Å². The van der Waals surface area contributed by atoms with Crippen LogP contribution in [-0.2, 0) is 4.74 Å². The number of hydrogen-bond acceptors (Lipinski definition) is 4. The smallest absolute Gasteiger partial charge is 0.323 e. The predicted molar refractivity (Wildman–Crippen MR) is 98.0 cm³/mol. The highest BCUT2D eigenvalue weighted by atomic mass is 16.5. The highest BCUT2D eigenvalue weighted by Crippen LogP contribution is 2.32. The van der Waals surface area contributed by atoms with Gasteiger partial charge in [-0.3, -0.25) is 10.00 Å². The first-order valence-electron chi connectivity index (χ1n) is 9.49. The summed E-state index contributed by atoms with van der Waals surface area (Å²) in [6, 6.07) is 2.24. The van der Waals surface area contributed by atoms with Crippen molar-refractivity contribution < 1.29 is 9.53 Å². The van der Waals surface area contributed by atoms with Gasteiger partial charge in [-0.25, -0.2) is 4.79 Å². The Balaban J connectivity index is 1.76. The fourth-order valence-electron chi connectivity index (χ4n) is 3.94. The van der Waals surface area contributed by atoms with Crippen LogP contribution in [0.2, 0.25) is 0 Å². The first-order chi connectivity index (χ1) is 12.1. The standard InChI is InChI=1S/C18H31N5O2/c1-4-14(2)23-15(3)13-16(21-23)20-17(24)22-10-9-19-8-5-18(22)6-11-25-12-7-18/h13-14,19H,4-12H2,1-3H3,(H,20,21,24). The number of urea groups is 1. The number of hydrogen-bond donors (Lipinski definition) is 2. The second kappa shape index (κ2) is 7.74. The number of aromatic nitrogens is 2. The Bertz CT molecular complexity index is 594. The summed E-state index contributed by atoms with van der Waals surface area (Å²) in [6.45, 7) is 10.3. The molecule has 2 N–H and O–H groups in total. The molecule has 3 rings (SSSR count). The molecule has 0 saturated carbocycles. The van der Waals surface area contributed by atoms with Crippen LogP contribution in [0.3, 0.4) is 0 Å². The van der Waals surface area contributed by atoms with Crippen molar-refractivity contribution in [3.63, 3.8) is 0 Å². The van der Waals surface area contributed by atoms with Gasteiger partial charge in [0, 0.05) is 44.1 Å². The third-order valence-electron chi connectivity index (χ3n) is 5.69. The van der Waals surface area contributed by atoms with Crippen molar-refractivity contribution in [1.29, 1.82) is 0 Å². The minimum absolute atomic E-state index is 0.0422. The molecule has 25 heavy (non-hydrogen) atoms. The van der Waals surface area contributed by atoms with Crippen molar-refractivity contribution >= 4 is 11.8 Å². The van der Waals surface area contributed by atoms with Gasteiger partial charge in [0.05, 0.1) is 5.54 Å². The number of amides is 2. The molecule has 0 aromatic carbocycles. The first kappa shape index (κ1) is 18.2. The van der Waals surface area contributed by atoms with Gasteiger partial charge in [-0.15, -0.1) is 0 Å². The summed E-state index contributed by atoms with van der Waals surface area (Å²) >= 11 is 0. The molecule has 1 unspecified atom stereocenters. The van der Waals surface area contributed by atoms with E-state index in [4.69, 9.17) is 4.74 Å². The number of carbonyl (C=O) groups is 1. The van der Waals surface area contributed by atoms with Crippen LogP contribution >= 0.6 is 0 Å². The zero-order valence-electron chi connectivity index (χ0n) is 15.7. The lowest BCUT2D eigenvalue weighted by Crippen LogP contribution is -2.56. The van der Waals surface area contributed by atoms with E-state index in [1.807, 2.05) is 22.6 Å². The van der Waals surface area contributed by atoms with Crippen LogP contribution in [0.25, 0.3) is 0 Å². The van der Waals surface area contributed by atoms with Gasteiger partial charge in [0.2, 0.25) is 0 Å². The Morgan fingerprint density at radius 3 is 2.88 bits per heavy atom. The lowest BCUT2D eigenvalue weighted by Gasteiger charge is -2.45. The summed E-state index contributed by atoms with van der Waals surface area (Å²) in [6.07, 6.45) is 3.80. The summed E-state index contributed by atoms with van der Waals surface area (Å²) in [5.41, 5.74) is 0.975. The maximum atomic E-state index is 13.1. The number of rotatable bonds is 3. The second-order valence-electron chi connectivity index (χ2n) is 7.29. The van der Waals surface area contributed by atoms with Crippen molar-refractivity contribution in [3.05, 3.63) is 11.8 Å². The van der Waals surface area contributed by atoms with Crippen molar-refractivity contribution in [3.8, 4) is 0 Å². The largest absolute Gasteiger partial charge is 0.381 e. The number of aryl methyl sites for hydroxylation is 1. The maximum absolute atomic E-state index is 13.1. The Hall–Kier alpha value is -1.60. The molecule has 2 fully saturated rings. The molecule has 0 radical (unpaired) electrons. The average Bonchev–Trinajstić information content (AvgIpc) is 2.85. The molecule has 2 amide bonds. The number of nitrogens with zero attached hydrogens (tertiary/aromatic N) is 3. The zero-order valence-corrected chi connectivity index (χ0v) is 15.7. The van der Waals surface area contributed by atoms with Gasteiger partial charge in [-0.2, -0.15) is 5.10 Å². The third kappa shape index (κ3) is 3.82. The van der Waals surface area contributed by atoms with Crippen molar-refractivity contribution in [2.75, 3.05) is 38.2 Å². The summed E-state index contributed by atoms with van der Waals surface area (Å²) < 4.78 is 7.54. The normalized spacial score (nSPS) is 21.8. The summed E-state index contributed by atoms with van der Waals surface area (Å²) in [5, 5.41) is 11.0. The van der Waals surface area contributed by atoms with E-state index in [2.05, 4.69) is 29.6 Å². The van der Waals surface area contributed by atoms with Crippen LogP contribution in [0.1, 0.15) is 51.3 Å². The summed E-state index contributed by atoms with van der Waals surface area (Å²) in [5.74, 6) is 0.641. The minimum atomic E-state index is -0.0971. The summed E-state index contributed by atoms with van der Waals surface area (Å²) in [4.78, 5) is 15.1. The molecule has 0 aliphatic carbocycles. The fraction of sp³-hybridized carbons (Fsp3) is 0.778. The lowest BCUT2D eigenvalue weighted by molar-refractivity contribution is -0.00659. The van der Waals surface area contributed by atoms with E-state index in [1.54, 1.807) is 0 Å². The van der Waals surface area contributed by atoms with E-state index in [0.717, 1.165) is 64.2 Å². The third-order valence-corrected chi connectivity index (χ3v) is 5.69. The first-order valence-corrected chi connectivity index (χ1v) is 9.49. The van der Waals surface area contributed by atoms with Crippen LogP contribution in [0, 0.1) is 6.92 Å². The molecular weight excluding hydrogens is 318 g/mol. The van der Waals surface area contributed by atoms with E-state index in [1.165, 1.54) is 0 Å². The maximum Gasteiger partial charge on any atom is 0.323 e.